The molecule has 2 aliphatic carbocycles. The first-order chi connectivity index (χ1) is 19.7. The van der Waals surface area contributed by atoms with Crippen LogP contribution in [0.4, 0.5) is 0 Å². The van der Waals surface area contributed by atoms with Gasteiger partial charge in [0, 0.05) is 0 Å². The van der Waals surface area contributed by atoms with Gasteiger partial charge in [-0.05, 0) is 32.7 Å². The molecular formula is C39H35ClGeZr-4. The molecule has 3 heteroatoms. The fourth-order valence-electron chi connectivity index (χ4n) is 4.89. The van der Waals surface area contributed by atoms with E-state index in [0.29, 0.717) is 0 Å². The molecule has 5 aromatic rings. The minimum Gasteiger partial charge on any atom is -0.184 e. The van der Waals surface area contributed by atoms with Crippen molar-refractivity contribution in [3.8, 4) is 0 Å². The van der Waals surface area contributed by atoms with Crippen LogP contribution < -0.4 is 0 Å². The zero-order chi connectivity index (χ0) is 28.2. The Bertz CT molecular complexity index is 1550. The van der Waals surface area contributed by atoms with Gasteiger partial charge in [0.1, 0.15) is 0 Å². The van der Waals surface area contributed by atoms with Gasteiger partial charge in [-0.3, -0.25) is 12.2 Å². The summed E-state index contributed by atoms with van der Waals surface area (Å²) in [5.74, 6) is 0. The second-order valence-electron chi connectivity index (χ2n) is 9.54. The van der Waals surface area contributed by atoms with Gasteiger partial charge in [-0.25, -0.2) is 23.3 Å². The smallest absolute Gasteiger partial charge is 0.171 e. The third-order valence-electron chi connectivity index (χ3n) is 6.78. The van der Waals surface area contributed by atoms with Crippen LogP contribution in [0.1, 0.15) is 37.8 Å². The molecule has 0 bridgehead atoms. The van der Waals surface area contributed by atoms with Crippen molar-refractivity contribution in [3.63, 3.8) is 0 Å². The molecule has 7 rings (SSSR count). The van der Waals surface area contributed by atoms with Crippen molar-refractivity contribution in [1.82, 2.24) is 0 Å². The summed E-state index contributed by atoms with van der Waals surface area (Å²) >= 11 is 3.64. The van der Waals surface area contributed by atoms with E-state index < -0.39 is 0 Å². The number of rotatable bonds is 2. The Kier molecular flexibility index (Phi) is 15.8. The molecule has 0 saturated heterocycles. The Morgan fingerprint density at radius 2 is 0.952 bits per heavy atom. The van der Waals surface area contributed by atoms with Crippen molar-refractivity contribution in [2.45, 2.75) is 26.7 Å². The Labute approximate surface area is 278 Å². The molecule has 2 aliphatic rings. The van der Waals surface area contributed by atoms with E-state index in [2.05, 4.69) is 141 Å². The van der Waals surface area contributed by atoms with Crippen LogP contribution in [0.25, 0.3) is 32.7 Å². The van der Waals surface area contributed by atoms with Gasteiger partial charge in [0.2, 0.25) is 0 Å². The van der Waals surface area contributed by atoms with Crippen molar-refractivity contribution >= 4 is 57.2 Å². The fourth-order valence-corrected chi connectivity index (χ4v) is 4.89. The fraction of sp³-hybridized carbons (Fsp3) is 0.103. The van der Waals surface area contributed by atoms with Gasteiger partial charge in [-0.1, -0.05) is 98.8 Å². The van der Waals surface area contributed by atoms with E-state index in [-0.39, 0.29) is 19.8 Å². The number of fused-ring (bicyclic) bond motifs is 2. The maximum Gasteiger partial charge on any atom is -0.171 e. The molecule has 0 atom stereocenters. The molecule has 0 saturated carbocycles. The van der Waals surface area contributed by atoms with Crippen LogP contribution in [0.3, 0.4) is 0 Å². The molecule has 0 aliphatic heterocycles. The van der Waals surface area contributed by atoms with Crippen LogP contribution in [0.5, 0.6) is 0 Å². The van der Waals surface area contributed by atoms with E-state index in [9.17, 15) is 0 Å². The average Bonchev–Trinajstić information content (AvgIpc) is 3.67. The Morgan fingerprint density at radius 1 is 0.548 bits per heavy atom. The van der Waals surface area contributed by atoms with Gasteiger partial charge < -0.3 is 7.43 Å². The average molecular weight is 703 g/mol. The Hall–Kier alpha value is -2.70. The van der Waals surface area contributed by atoms with Gasteiger partial charge >= 0.3 is 33.7 Å². The molecular weight excluding hydrogens is 668 g/mol. The summed E-state index contributed by atoms with van der Waals surface area (Å²) in [6.45, 7) is 4.22. The quantitative estimate of drug-likeness (QED) is 0.127. The SMILES string of the molecule is CC1=[C-]CC(c2cccc3ccccc23)=C1.CC1=[C-]CC(c2cccc3ccccc23)=C1.Cl.[CH3-].[Ge]=[Zr].[c-]1ccccc1. The predicted molar refractivity (Wildman–Crippen MR) is 183 cm³/mol. The number of halogens is 1. The molecule has 0 N–H and O–H groups in total. The zero-order valence-electron chi connectivity index (χ0n) is 24.4. The van der Waals surface area contributed by atoms with E-state index in [1.807, 2.05) is 30.3 Å². The van der Waals surface area contributed by atoms with E-state index in [0.717, 1.165) is 12.8 Å². The van der Waals surface area contributed by atoms with Crippen LogP contribution in [-0.4, -0.2) is 12.1 Å². The number of hydrogen-bond acceptors (Lipinski definition) is 0. The molecule has 2 radical (unpaired) electrons. The Balaban J connectivity index is 0.000000226. The number of benzene rings is 5. The standard InChI is InChI=1S/2C16H13.C6H5.CH3.ClH.Ge.Zr/c2*1-12-9-10-14(11-12)16-8-4-6-13-5-2-3-7-15(13)16;1-2-4-6-5-3-1;;;;/h2*2-8,11H,10H2,1H3;1-5H;1H3;1H;;/q4*-1;;;. The summed E-state index contributed by atoms with van der Waals surface area (Å²) in [5.41, 5.74) is 7.97. The third kappa shape index (κ3) is 9.67. The van der Waals surface area contributed by atoms with Crippen molar-refractivity contribution in [2.24, 2.45) is 0 Å². The van der Waals surface area contributed by atoms with Crippen LogP contribution in [-0.2, 0) is 21.6 Å². The monoisotopic (exact) mass is 702 g/mol. The van der Waals surface area contributed by atoms with Crippen LogP contribution in [0.15, 0.2) is 139 Å². The minimum absolute atomic E-state index is 0. The van der Waals surface area contributed by atoms with Crippen molar-refractivity contribution < 1.29 is 21.6 Å². The van der Waals surface area contributed by atoms with Crippen LogP contribution >= 0.6 is 12.4 Å². The van der Waals surface area contributed by atoms with E-state index in [4.69, 9.17) is 0 Å². The van der Waals surface area contributed by atoms with Crippen LogP contribution in [0.2, 0.25) is 0 Å². The summed E-state index contributed by atoms with van der Waals surface area (Å²) in [4.78, 5) is 0. The molecule has 0 nitrogen and oxygen atoms in total. The summed E-state index contributed by atoms with van der Waals surface area (Å²) in [6.07, 6.45) is 13.1. The van der Waals surface area contributed by atoms with Gasteiger partial charge in [-0.2, -0.15) is 36.4 Å². The molecule has 0 spiro atoms. The van der Waals surface area contributed by atoms with Crippen molar-refractivity contribution in [1.29, 1.82) is 0 Å². The van der Waals surface area contributed by atoms with E-state index in [1.165, 1.54) is 55.0 Å². The first-order valence-corrected chi connectivity index (χ1v) is 20.8. The van der Waals surface area contributed by atoms with Gasteiger partial charge in [0.15, 0.2) is 0 Å². The Morgan fingerprint density at radius 3 is 1.29 bits per heavy atom. The summed E-state index contributed by atoms with van der Waals surface area (Å²) in [5, 5.41) is 5.30. The van der Waals surface area contributed by atoms with Crippen LogP contribution in [0, 0.1) is 25.6 Å². The summed E-state index contributed by atoms with van der Waals surface area (Å²) in [6, 6.07) is 42.6. The second kappa shape index (κ2) is 18.8. The molecule has 0 aromatic heterocycles. The molecule has 5 aromatic carbocycles. The normalized spacial score (nSPS) is 12.7. The topological polar surface area (TPSA) is 0 Å². The largest absolute Gasteiger partial charge is 0.184 e. The predicted octanol–water partition coefficient (Wildman–Crippen LogP) is 10.7. The molecule has 0 unspecified atom stereocenters. The van der Waals surface area contributed by atoms with Gasteiger partial charge in [0.25, 0.3) is 0 Å². The second-order valence-corrected chi connectivity index (χ2v) is 9.54. The van der Waals surface area contributed by atoms with Gasteiger partial charge in [0.05, 0.1) is 0 Å². The summed E-state index contributed by atoms with van der Waals surface area (Å²) < 4.78 is 0. The minimum atomic E-state index is 0. The van der Waals surface area contributed by atoms with E-state index >= 15 is 0 Å². The molecule has 210 valence electrons. The third-order valence-corrected chi connectivity index (χ3v) is 6.78. The van der Waals surface area contributed by atoms with Gasteiger partial charge in [-0.15, -0.1) is 36.4 Å². The van der Waals surface area contributed by atoms with Crippen molar-refractivity contribution in [2.75, 3.05) is 0 Å². The maximum absolute atomic E-state index is 3.36. The molecule has 0 amide bonds. The van der Waals surface area contributed by atoms with E-state index in [1.54, 1.807) is 21.6 Å². The first kappa shape index (κ1) is 35.5. The molecule has 0 fully saturated rings. The maximum atomic E-state index is 3.36. The zero-order valence-corrected chi connectivity index (χ0v) is 29.8. The summed E-state index contributed by atoms with van der Waals surface area (Å²) in [7, 11) is 0. The first-order valence-electron chi connectivity index (χ1n) is 13.4. The number of allylic oxidation sites excluding steroid dienone is 8. The molecule has 42 heavy (non-hydrogen) atoms. The molecule has 0 heterocycles. The number of hydrogen-bond donors (Lipinski definition) is 0. The van der Waals surface area contributed by atoms with Crippen molar-refractivity contribution in [3.05, 3.63) is 175 Å².